The lowest BCUT2D eigenvalue weighted by atomic mass is 9.91. The minimum absolute atomic E-state index is 0.0593. The summed E-state index contributed by atoms with van der Waals surface area (Å²) >= 11 is 5.91. The van der Waals surface area contributed by atoms with Crippen molar-refractivity contribution in [3.05, 3.63) is 80.9 Å². The van der Waals surface area contributed by atoms with E-state index in [1.165, 1.54) is 35.9 Å². The lowest BCUT2D eigenvalue weighted by Gasteiger charge is -2.30. The molecule has 0 saturated carbocycles. The predicted octanol–water partition coefficient (Wildman–Crippen LogP) is 4.63. The van der Waals surface area contributed by atoms with Crippen molar-refractivity contribution < 1.29 is 14.8 Å². The quantitative estimate of drug-likeness (QED) is 0.331. The SMILES string of the molecule is O=C(/C=C(/O)c1ccc([N+](=O)[O-])cc1)C1CCN(Cc2ccc(Cl)cc2)CC1. The molecule has 146 valence electrons. The summed E-state index contributed by atoms with van der Waals surface area (Å²) in [6, 6.07) is 13.2. The van der Waals surface area contributed by atoms with Gasteiger partial charge in [0.2, 0.25) is 0 Å². The Hall–Kier alpha value is -2.70. The molecule has 1 saturated heterocycles. The maximum atomic E-state index is 12.5. The van der Waals surface area contributed by atoms with E-state index in [-0.39, 0.29) is 23.1 Å². The Kier molecular flexibility index (Phi) is 6.44. The zero-order valence-corrected chi connectivity index (χ0v) is 16.0. The van der Waals surface area contributed by atoms with E-state index < -0.39 is 4.92 Å². The van der Waals surface area contributed by atoms with Gasteiger partial charge in [0.25, 0.3) is 5.69 Å². The molecular formula is C21H21ClN2O4. The van der Waals surface area contributed by atoms with E-state index in [0.29, 0.717) is 10.6 Å². The van der Waals surface area contributed by atoms with Gasteiger partial charge in [-0.05, 0) is 55.8 Å². The topological polar surface area (TPSA) is 83.7 Å². The van der Waals surface area contributed by atoms with Crippen molar-refractivity contribution in [2.45, 2.75) is 19.4 Å². The molecule has 0 bridgehead atoms. The van der Waals surface area contributed by atoms with Crippen LogP contribution >= 0.6 is 11.6 Å². The number of allylic oxidation sites excluding steroid dienone is 1. The highest BCUT2D eigenvalue weighted by Crippen LogP contribution is 2.23. The number of nitrogens with zero attached hydrogens (tertiary/aromatic N) is 2. The Morgan fingerprint density at radius 2 is 1.75 bits per heavy atom. The number of benzene rings is 2. The van der Waals surface area contributed by atoms with Gasteiger partial charge < -0.3 is 5.11 Å². The van der Waals surface area contributed by atoms with Crippen molar-refractivity contribution in [3.63, 3.8) is 0 Å². The van der Waals surface area contributed by atoms with Crippen LogP contribution in [0.4, 0.5) is 5.69 Å². The van der Waals surface area contributed by atoms with Crippen LogP contribution in [0.3, 0.4) is 0 Å². The Morgan fingerprint density at radius 3 is 2.32 bits per heavy atom. The highest BCUT2D eigenvalue weighted by atomic mass is 35.5. The fraction of sp³-hybridized carbons (Fsp3) is 0.286. The number of non-ortho nitro benzene ring substituents is 1. The summed E-state index contributed by atoms with van der Waals surface area (Å²) < 4.78 is 0. The first-order valence-corrected chi connectivity index (χ1v) is 9.46. The third-order valence-electron chi connectivity index (χ3n) is 4.96. The van der Waals surface area contributed by atoms with Crippen molar-refractivity contribution in [2.75, 3.05) is 13.1 Å². The van der Waals surface area contributed by atoms with Gasteiger partial charge in [-0.15, -0.1) is 0 Å². The number of rotatable bonds is 6. The fourth-order valence-electron chi connectivity index (χ4n) is 3.31. The number of carbonyl (C=O) groups excluding carboxylic acids is 1. The van der Waals surface area contributed by atoms with Crippen LogP contribution < -0.4 is 0 Å². The predicted molar refractivity (Wildman–Crippen MR) is 108 cm³/mol. The van der Waals surface area contributed by atoms with Gasteiger partial charge in [-0.25, -0.2) is 0 Å². The first kappa shape index (κ1) is 20.0. The van der Waals surface area contributed by atoms with Gasteiger partial charge in [0.05, 0.1) is 4.92 Å². The van der Waals surface area contributed by atoms with Crippen LogP contribution in [0.15, 0.2) is 54.6 Å². The molecule has 6 nitrogen and oxygen atoms in total. The van der Waals surface area contributed by atoms with E-state index in [1.807, 2.05) is 24.3 Å². The molecule has 0 radical (unpaired) electrons. The monoisotopic (exact) mass is 400 g/mol. The Labute approximate surface area is 168 Å². The van der Waals surface area contributed by atoms with Crippen LogP contribution in [-0.4, -0.2) is 33.8 Å². The van der Waals surface area contributed by atoms with Crippen LogP contribution in [0.5, 0.6) is 0 Å². The molecule has 1 aliphatic rings. The number of carbonyl (C=O) groups is 1. The zero-order valence-electron chi connectivity index (χ0n) is 15.3. The van der Waals surface area contributed by atoms with Gasteiger partial charge in [0, 0.05) is 41.3 Å². The standard InChI is InChI=1S/C21H21ClN2O4/c22-18-5-1-15(2-6-18)14-23-11-9-17(10-12-23)21(26)13-20(25)16-3-7-19(8-4-16)24(27)28/h1-8,13,17,25H,9-12,14H2/b20-13+. The molecule has 0 amide bonds. The van der Waals surface area contributed by atoms with Crippen LogP contribution in [0, 0.1) is 16.0 Å². The average molecular weight is 401 g/mol. The molecule has 1 N–H and O–H groups in total. The molecule has 2 aromatic carbocycles. The van der Waals surface area contributed by atoms with Gasteiger partial charge >= 0.3 is 0 Å². The lowest BCUT2D eigenvalue weighted by molar-refractivity contribution is -0.384. The molecule has 2 aromatic rings. The van der Waals surface area contributed by atoms with Crippen LogP contribution in [0.25, 0.3) is 5.76 Å². The lowest BCUT2D eigenvalue weighted by Crippen LogP contribution is -2.35. The minimum Gasteiger partial charge on any atom is -0.507 e. The fourth-order valence-corrected chi connectivity index (χ4v) is 3.44. The maximum absolute atomic E-state index is 12.5. The highest BCUT2D eigenvalue weighted by Gasteiger charge is 2.24. The number of hydrogen-bond donors (Lipinski definition) is 1. The largest absolute Gasteiger partial charge is 0.507 e. The molecule has 0 aromatic heterocycles. The van der Waals surface area contributed by atoms with Gasteiger partial charge in [-0.1, -0.05) is 23.7 Å². The summed E-state index contributed by atoms with van der Waals surface area (Å²) in [4.78, 5) is 25.0. The zero-order chi connectivity index (χ0) is 20.1. The van der Waals surface area contributed by atoms with Crippen LogP contribution in [0.1, 0.15) is 24.0 Å². The number of nitro groups is 1. The molecule has 7 heteroatoms. The molecule has 0 unspecified atom stereocenters. The Bertz CT molecular complexity index is 870. The summed E-state index contributed by atoms with van der Waals surface area (Å²) in [5.41, 5.74) is 1.51. The molecule has 28 heavy (non-hydrogen) atoms. The van der Waals surface area contributed by atoms with Crippen molar-refractivity contribution in [3.8, 4) is 0 Å². The summed E-state index contributed by atoms with van der Waals surface area (Å²) in [6.45, 7) is 2.44. The second-order valence-corrected chi connectivity index (χ2v) is 7.35. The number of nitro benzene ring substituents is 1. The number of piperidine rings is 1. The van der Waals surface area contributed by atoms with Gasteiger partial charge in [-0.2, -0.15) is 0 Å². The number of hydrogen-bond acceptors (Lipinski definition) is 5. The maximum Gasteiger partial charge on any atom is 0.269 e. The van der Waals surface area contributed by atoms with Gasteiger partial charge in [-0.3, -0.25) is 19.8 Å². The average Bonchev–Trinajstić information content (AvgIpc) is 2.70. The number of halogens is 1. The van der Waals surface area contributed by atoms with Crippen LogP contribution in [-0.2, 0) is 11.3 Å². The second-order valence-electron chi connectivity index (χ2n) is 6.91. The first-order valence-electron chi connectivity index (χ1n) is 9.08. The molecular weight excluding hydrogens is 380 g/mol. The smallest absolute Gasteiger partial charge is 0.269 e. The molecule has 0 aliphatic carbocycles. The number of likely N-dealkylation sites (tertiary alicyclic amines) is 1. The second kappa shape index (κ2) is 8.99. The Balaban J connectivity index is 1.54. The molecule has 1 aliphatic heterocycles. The Morgan fingerprint density at radius 1 is 1.14 bits per heavy atom. The number of ketones is 1. The summed E-state index contributed by atoms with van der Waals surface area (Å²) in [6.07, 6.45) is 2.70. The van der Waals surface area contributed by atoms with Crippen molar-refractivity contribution in [1.82, 2.24) is 4.90 Å². The van der Waals surface area contributed by atoms with E-state index >= 15 is 0 Å². The van der Waals surface area contributed by atoms with E-state index in [0.717, 1.165) is 32.5 Å². The third-order valence-corrected chi connectivity index (χ3v) is 5.21. The molecule has 1 heterocycles. The van der Waals surface area contributed by atoms with Gasteiger partial charge in [0.1, 0.15) is 5.76 Å². The van der Waals surface area contributed by atoms with E-state index in [1.54, 1.807) is 0 Å². The minimum atomic E-state index is -0.506. The molecule has 0 spiro atoms. The normalized spacial score (nSPS) is 16.1. The number of aliphatic hydroxyl groups is 1. The summed E-state index contributed by atoms with van der Waals surface area (Å²) in [5.74, 6) is -0.396. The van der Waals surface area contributed by atoms with Crippen molar-refractivity contribution in [2.24, 2.45) is 5.92 Å². The van der Waals surface area contributed by atoms with Crippen LogP contribution in [0.2, 0.25) is 5.02 Å². The van der Waals surface area contributed by atoms with E-state index in [4.69, 9.17) is 11.6 Å². The van der Waals surface area contributed by atoms with Crippen molar-refractivity contribution >= 4 is 28.8 Å². The van der Waals surface area contributed by atoms with E-state index in [2.05, 4.69) is 4.90 Å². The summed E-state index contributed by atoms with van der Waals surface area (Å²) in [5, 5.41) is 21.6. The molecule has 0 atom stereocenters. The van der Waals surface area contributed by atoms with Gasteiger partial charge in [0.15, 0.2) is 5.78 Å². The summed E-state index contributed by atoms with van der Waals surface area (Å²) in [7, 11) is 0. The third kappa shape index (κ3) is 5.18. The highest BCUT2D eigenvalue weighted by molar-refractivity contribution is 6.30. The first-order chi connectivity index (χ1) is 13.4. The van der Waals surface area contributed by atoms with Crippen molar-refractivity contribution in [1.29, 1.82) is 0 Å². The molecule has 1 fully saturated rings. The van der Waals surface area contributed by atoms with E-state index in [9.17, 15) is 20.0 Å². The number of aliphatic hydroxyl groups excluding tert-OH is 1. The molecule has 3 rings (SSSR count).